The maximum absolute atomic E-state index is 12.2. The molecule has 1 aromatic rings. The number of benzene rings is 1. The number of carbonyl (C=O) groups excluding carboxylic acids is 1. The minimum atomic E-state index is -0.238. The van der Waals surface area contributed by atoms with E-state index in [0.717, 1.165) is 25.9 Å². The second kappa shape index (κ2) is 4.61. The molecule has 2 rings (SSSR count). The molecule has 1 aliphatic rings. The molecule has 0 saturated carbocycles. The van der Waals surface area contributed by atoms with Crippen molar-refractivity contribution in [3.63, 3.8) is 0 Å². The highest BCUT2D eigenvalue weighted by Gasteiger charge is 2.40. The van der Waals surface area contributed by atoms with Gasteiger partial charge in [0, 0.05) is 0 Å². The molecular formula is C15H21NO. The molecular weight excluding hydrogens is 210 g/mol. The van der Waals surface area contributed by atoms with Gasteiger partial charge >= 0.3 is 0 Å². The first kappa shape index (κ1) is 12.3. The van der Waals surface area contributed by atoms with Gasteiger partial charge in [-0.1, -0.05) is 24.3 Å². The van der Waals surface area contributed by atoms with E-state index in [2.05, 4.69) is 31.0 Å². The molecule has 92 valence electrons. The van der Waals surface area contributed by atoms with E-state index in [4.69, 9.17) is 0 Å². The molecule has 0 spiro atoms. The van der Waals surface area contributed by atoms with Crippen molar-refractivity contribution in [1.82, 2.24) is 4.90 Å². The second-order valence-corrected chi connectivity index (χ2v) is 5.26. The van der Waals surface area contributed by atoms with Crippen molar-refractivity contribution in [2.24, 2.45) is 0 Å². The van der Waals surface area contributed by atoms with Gasteiger partial charge in [0.2, 0.25) is 0 Å². The van der Waals surface area contributed by atoms with Gasteiger partial charge in [-0.05, 0) is 58.0 Å². The lowest BCUT2D eigenvalue weighted by atomic mass is 9.69. The topological polar surface area (TPSA) is 20.3 Å². The monoisotopic (exact) mass is 231 g/mol. The summed E-state index contributed by atoms with van der Waals surface area (Å²) in [5, 5.41) is 0. The number of nitrogens with zero attached hydrogens (tertiary/aromatic N) is 1. The second-order valence-electron chi connectivity index (χ2n) is 5.26. The molecule has 1 saturated heterocycles. The summed E-state index contributed by atoms with van der Waals surface area (Å²) in [5.74, 6) is 0.319. The van der Waals surface area contributed by atoms with Crippen molar-refractivity contribution < 1.29 is 4.79 Å². The number of Topliss-reactive ketones (excluding diaryl/α,β-unsaturated/α-hetero) is 1. The van der Waals surface area contributed by atoms with Crippen molar-refractivity contribution >= 4 is 5.78 Å². The number of hydrogen-bond acceptors (Lipinski definition) is 2. The third-order valence-corrected chi connectivity index (χ3v) is 4.18. The molecule has 0 bridgehead atoms. The SMILES string of the molecule is CC(=O)C1(c2ccccc2C)CCN(C)CC1. The predicted octanol–water partition coefficient (Wildman–Crippen LogP) is 2.55. The first-order chi connectivity index (χ1) is 8.06. The van der Waals surface area contributed by atoms with Crippen LogP contribution in [0.4, 0.5) is 0 Å². The Labute approximate surface area is 104 Å². The van der Waals surface area contributed by atoms with Gasteiger partial charge in [-0.3, -0.25) is 4.79 Å². The summed E-state index contributed by atoms with van der Waals surface area (Å²) in [7, 11) is 2.13. The van der Waals surface area contributed by atoms with Crippen LogP contribution in [0.1, 0.15) is 30.9 Å². The van der Waals surface area contributed by atoms with E-state index in [9.17, 15) is 4.79 Å². The molecule has 0 radical (unpaired) electrons. The van der Waals surface area contributed by atoms with Crippen LogP contribution in [0.3, 0.4) is 0 Å². The quantitative estimate of drug-likeness (QED) is 0.779. The van der Waals surface area contributed by atoms with Crippen molar-refractivity contribution in [1.29, 1.82) is 0 Å². The van der Waals surface area contributed by atoms with Gasteiger partial charge < -0.3 is 4.90 Å². The van der Waals surface area contributed by atoms with Gasteiger partial charge in [-0.2, -0.15) is 0 Å². The molecule has 2 heteroatoms. The lowest BCUT2D eigenvalue weighted by Crippen LogP contribution is -2.45. The van der Waals surface area contributed by atoms with E-state index in [0.29, 0.717) is 5.78 Å². The number of rotatable bonds is 2. The summed E-state index contributed by atoms with van der Waals surface area (Å²) in [5.41, 5.74) is 2.24. The van der Waals surface area contributed by atoms with Crippen molar-refractivity contribution in [2.45, 2.75) is 32.1 Å². The largest absolute Gasteiger partial charge is 0.306 e. The number of hydrogen-bond donors (Lipinski definition) is 0. The third-order valence-electron chi connectivity index (χ3n) is 4.18. The maximum atomic E-state index is 12.2. The van der Waals surface area contributed by atoms with Crippen molar-refractivity contribution in [3.8, 4) is 0 Å². The summed E-state index contributed by atoms with van der Waals surface area (Å²) in [4.78, 5) is 14.5. The smallest absolute Gasteiger partial charge is 0.140 e. The van der Waals surface area contributed by atoms with Gasteiger partial charge in [0.05, 0.1) is 5.41 Å². The fourth-order valence-electron chi connectivity index (χ4n) is 2.92. The van der Waals surface area contributed by atoms with Crippen LogP contribution in [0, 0.1) is 6.92 Å². The zero-order valence-electron chi connectivity index (χ0n) is 11.0. The number of piperidine rings is 1. The fourth-order valence-corrected chi connectivity index (χ4v) is 2.92. The Balaban J connectivity index is 2.42. The Kier molecular flexibility index (Phi) is 3.34. The lowest BCUT2D eigenvalue weighted by Gasteiger charge is -2.40. The average molecular weight is 231 g/mol. The predicted molar refractivity (Wildman–Crippen MR) is 70.3 cm³/mol. The van der Waals surface area contributed by atoms with E-state index in [1.165, 1.54) is 11.1 Å². The minimum absolute atomic E-state index is 0.238. The first-order valence-corrected chi connectivity index (χ1v) is 6.32. The van der Waals surface area contributed by atoms with E-state index in [1.54, 1.807) is 6.92 Å². The lowest BCUT2D eigenvalue weighted by molar-refractivity contribution is -0.124. The van der Waals surface area contributed by atoms with Crippen molar-refractivity contribution in [3.05, 3.63) is 35.4 Å². The number of likely N-dealkylation sites (tertiary alicyclic amines) is 1. The standard InChI is InChI=1S/C15H21NO/c1-12-6-4-5-7-14(12)15(13(2)17)8-10-16(3)11-9-15/h4-7H,8-11H2,1-3H3. The molecule has 1 aromatic carbocycles. The first-order valence-electron chi connectivity index (χ1n) is 6.32. The summed E-state index contributed by atoms with van der Waals surface area (Å²) >= 11 is 0. The Bertz CT molecular complexity index is 417. The highest BCUT2D eigenvalue weighted by Crippen LogP contribution is 2.37. The van der Waals surface area contributed by atoms with Gasteiger partial charge in [0.1, 0.15) is 5.78 Å². The van der Waals surface area contributed by atoms with Gasteiger partial charge in [0.25, 0.3) is 0 Å². The highest BCUT2D eigenvalue weighted by molar-refractivity contribution is 5.88. The van der Waals surface area contributed by atoms with Crippen LogP contribution in [0.25, 0.3) is 0 Å². The normalized spacial score (nSPS) is 20.2. The molecule has 1 aliphatic heterocycles. The van der Waals surface area contributed by atoms with Crippen LogP contribution >= 0.6 is 0 Å². The Morgan fingerprint density at radius 2 is 1.82 bits per heavy atom. The summed E-state index contributed by atoms with van der Waals surface area (Å²) in [6, 6.07) is 8.33. The van der Waals surface area contributed by atoms with E-state index in [-0.39, 0.29) is 5.41 Å². The molecule has 0 aliphatic carbocycles. The van der Waals surface area contributed by atoms with E-state index < -0.39 is 0 Å². The van der Waals surface area contributed by atoms with E-state index in [1.807, 2.05) is 12.1 Å². The molecule has 17 heavy (non-hydrogen) atoms. The van der Waals surface area contributed by atoms with E-state index >= 15 is 0 Å². The average Bonchev–Trinajstić information content (AvgIpc) is 2.31. The molecule has 0 aromatic heterocycles. The molecule has 0 amide bonds. The van der Waals surface area contributed by atoms with Crippen LogP contribution in [0.5, 0.6) is 0 Å². The highest BCUT2D eigenvalue weighted by atomic mass is 16.1. The fraction of sp³-hybridized carbons (Fsp3) is 0.533. The van der Waals surface area contributed by atoms with Crippen LogP contribution in [0.15, 0.2) is 24.3 Å². The van der Waals surface area contributed by atoms with Crippen LogP contribution in [0.2, 0.25) is 0 Å². The maximum Gasteiger partial charge on any atom is 0.140 e. The summed E-state index contributed by atoms with van der Waals surface area (Å²) in [6.07, 6.45) is 1.90. The van der Waals surface area contributed by atoms with Crippen LogP contribution < -0.4 is 0 Å². The van der Waals surface area contributed by atoms with Gasteiger partial charge in [-0.15, -0.1) is 0 Å². The Hall–Kier alpha value is -1.15. The molecule has 2 nitrogen and oxygen atoms in total. The van der Waals surface area contributed by atoms with Crippen LogP contribution in [-0.4, -0.2) is 30.8 Å². The Morgan fingerprint density at radius 1 is 1.24 bits per heavy atom. The summed E-state index contributed by atoms with van der Waals surface area (Å²) in [6.45, 7) is 5.87. The summed E-state index contributed by atoms with van der Waals surface area (Å²) < 4.78 is 0. The molecule has 1 fully saturated rings. The number of aryl methyl sites for hydroxylation is 1. The zero-order chi connectivity index (χ0) is 12.5. The minimum Gasteiger partial charge on any atom is -0.306 e. The number of carbonyl (C=O) groups is 1. The third kappa shape index (κ3) is 2.14. The molecule has 0 unspecified atom stereocenters. The van der Waals surface area contributed by atoms with Crippen molar-refractivity contribution in [2.75, 3.05) is 20.1 Å². The van der Waals surface area contributed by atoms with Gasteiger partial charge in [0.15, 0.2) is 0 Å². The molecule has 1 heterocycles. The van der Waals surface area contributed by atoms with Gasteiger partial charge in [-0.25, -0.2) is 0 Å². The molecule has 0 N–H and O–H groups in total. The number of ketones is 1. The zero-order valence-corrected chi connectivity index (χ0v) is 11.0. The molecule has 0 atom stereocenters. The Morgan fingerprint density at radius 3 is 2.35 bits per heavy atom. The van der Waals surface area contributed by atoms with Crippen LogP contribution in [-0.2, 0) is 10.2 Å².